The fraction of sp³-hybridized carbons (Fsp3) is 0.200. The summed E-state index contributed by atoms with van der Waals surface area (Å²) in [7, 11) is 0. The summed E-state index contributed by atoms with van der Waals surface area (Å²) in [6.07, 6.45) is 2.83. The second-order valence-corrected chi connectivity index (χ2v) is 5.18. The molecular weight excluding hydrogens is 272 g/mol. The lowest BCUT2D eigenvalue weighted by atomic mass is 10.1. The SMILES string of the molecule is Cc1ccn2nc(NCCc3ccc(Cl)cc3)nc2c1. The highest BCUT2D eigenvalue weighted by Crippen LogP contribution is 2.11. The molecule has 0 aliphatic rings. The molecule has 20 heavy (non-hydrogen) atoms. The molecule has 102 valence electrons. The van der Waals surface area contributed by atoms with E-state index >= 15 is 0 Å². The van der Waals surface area contributed by atoms with Gasteiger partial charge in [0.2, 0.25) is 5.95 Å². The van der Waals surface area contributed by atoms with Gasteiger partial charge in [-0.2, -0.15) is 4.98 Å². The quantitative estimate of drug-likeness (QED) is 0.800. The van der Waals surface area contributed by atoms with Gasteiger partial charge in [0, 0.05) is 17.8 Å². The average molecular weight is 287 g/mol. The highest BCUT2D eigenvalue weighted by molar-refractivity contribution is 6.30. The molecule has 3 aromatic rings. The normalized spacial score (nSPS) is 10.9. The Kier molecular flexibility index (Phi) is 3.56. The zero-order chi connectivity index (χ0) is 13.9. The molecule has 4 nitrogen and oxygen atoms in total. The molecule has 0 unspecified atom stereocenters. The molecule has 1 aromatic carbocycles. The summed E-state index contributed by atoms with van der Waals surface area (Å²) in [6.45, 7) is 2.83. The Hall–Kier alpha value is -2.07. The minimum absolute atomic E-state index is 0.657. The second kappa shape index (κ2) is 5.51. The molecule has 2 aromatic heterocycles. The van der Waals surface area contributed by atoms with Crippen LogP contribution in [0.1, 0.15) is 11.1 Å². The number of hydrogen-bond donors (Lipinski definition) is 1. The van der Waals surface area contributed by atoms with Gasteiger partial charge < -0.3 is 5.32 Å². The summed E-state index contributed by atoms with van der Waals surface area (Å²) in [6, 6.07) is 11.9. The third-order valence-electron chi connectivity index (χ3n) is 3.10. The summed E-state index contributed by atoms with van der Waals surface area (Å²) in [5.74, 6) is 0.657. The van der Waals surface area contributed by atoms with E-state index in [0.29, 0.717) is 5.95 Å². The number of fused-ring (bicyclic) bond motifs is 1. The van der Waals surface area contributed by atoms with Gasteiger partial charge in [0.15, 0.2) is 5.65 Å². The molecule has 0 atom stereocenters. The van der Waals surface area contributed by atoms with Crippen LogP contribution in [-0.4, -0.2) is 21.1 Å². The number of aromatic nitrogens is 3. The highest BCUT2D eigenvalue weighted by Gasteiger charge is 2.02. The Morgan fingerprint density at radius 1 is 1.20 bits per heavy atom. The van der Waals surface area contributed by atoms with Crippen LogP contribution in [0.15, 0.2) is 42.6 Å². The van der Waals surface area contributed by atoms with Crippen molar-refractivity contribution in [1.29, 1.82) is 0 Å². The summed E-state index contributed by atoms with van der Waals surface area (Å²) < 4.78 is 1.78. The monoisotopic (exact) mass is 286 g/mol. The van der Waals surface area contributed by atoms with E-state index in [1.54, 1.807) is 4.52 Å². The molecule has 0 aliphatic carbocycles. The van der Waals surface area contributed by atoms with Crippen molar-refractivity contribution in [3.05, 3.63) is 58.7 Å². The molecule has 0 fully saturated rings. The third kappa shape index (κ3) is 2.91. The van der Waals surface area contributed by atoms with Crippen molar-refractivity contribution in [2.75, 3.05) is 11.9 Å². The third-order valence-corrected chi connectivity index (χ3v) is 3.36. The van der Waals surface area contributed by atoms with E-state index in [4.69, 9.17) is 11.6 Å². The topological polar surface area (TPSA) is 42.2 Å². The maximum Gasteiger partial charge on any atom is 0.243 e. The van der Waals surface area contributed by atoms with Gasteiger partial charge in [0.25, 0.3) is 0 Å². The summed E-state index contributed by atoms with van der Waals surface area (Å²) in [5, 5.41) is 8.38. The van der Waals surface area contributed by atoms with Crippen LogP contribution in [0.5, 0.6) is 0 Å². The summed E-state index contributed by atoms with van der Waals surface area (Å²) in [5.41, 5.74) is 3.28. The number of nitrogens with one attached hydrogen (secondary N) is 1. The fourth-order valence-electron chi connectivity index (χ4n) is 2.03. The maximum atomic E-state index is 5.86. The maximum absolute atomic E-state index is 5.86. The first-order valence-corrected chi connectivity index (χ1v) is 6.90. The molecule has 3 rings (SSSR count). The lowest BCUT2D eigenvalue weighted by Crippen LogP contribution is -2.06. The Bertz CT molecular complexity index is 718. The zero-order valence-corrected chi connectivity index (χ0v) is 11.9. The molecule has 0 radical (unpaired) electrons. The van der Waals surface area contributed by atoms with Crippen LogP contribution in [-0.2, 0) is 6.42 Å². The van der Waals surface area contributed by atoms with Crippen molar-refractivity contribution in [3.63, 3.8) is 0 Å². The van der Waals surface area contributed by atoms with Crippen molar-refractivity contribution in [2.24, 2.45) is 0 Å². The van der Waals surface area contributed by atoms with E-state index in [9.17, 15) is 0 Å². The van der Waals surface area contributed by atoms with E-state index in [0.717, 1.165) is 23.6 Å². The Balaban J connectivity index is 1.63. The van der Waals surface area contributed by atoms with Crippen LogP contribution >= 0.6 is 11.6 Å². The molecule has 0 bridgehead atoms. The van der Waals surface area contributed by atoms with Gasteiger partial charge in [-0.15, -0.1) is 5.10 Å². The first-order chi connectivity index (χ1) is 9.70. The highest BCUT2D eigenvalue weighted by atomic mass is 35.5. The van der Waals surface area contributed by atoms with Gasteiger partial charge in [-0.1, -0.05) is 23.7 Å². The number of halogens is 1. The Morgan fingerprint density at radius 2 is 2.00 bits per heavy atom. The van der Waals surface area contributed by atoms with Crippen LogP contribution in [0.3, 0.4) is 0 Å². The molecule has 0 spiro atoms. The molecule has 1 N–H and O–H groups in total. The number of benzene rings is 1. The van der Waals surface area contributed by atoms with Crippen molar-refractivity contribution >= 4 is 23.2 Å². The zero-order valence-electron chi connectivity index (χ0n) is 11.2. The minimum Gasteiger partial charge on any atom is -0.353 e. The van der Waals surface area contributed by atoms with Crippen molar-refractivity contribution in [3.8, 4) is 0 Å². The van der Waals surface area contributed by atoms with Crippen LogP contribution < -0.4 is 5.32 Å². The molecule has 2 heterocycles. The minimum atomic E-state index is 0.657. The first kappa shape index (κ1) is 12.9. The first-order valence-electron chi connectivity index (χ1n) is 6.52. The number of nitrogens with zero attached hydrogens (tertiary/aromatic N) is 3. The molecule has 0 amide bonds. The van der Waals surface area contributed by atoms with E-state index in [-0.39, 0.29) is 0 Å². The van der Waals surface area contributed by atoms with Crippen LogP contribution in [0.2, 0.25) is 5.02 Å². The number of aryl methyl sites for hydroxylation is 1. The number of rotatable bonds is 4. The van der Waals surface area contributed by atoms with Crippen LogP contribution in [0.25, 0.3) is 5.65 Å². The second-order valence-electron chi connectivity index (χ2n) is 4.75. The van der Waals surface area contributed by atoms with Gasteiger partial charge in [-0.25, -0.2) is 4.52 Å². The van der Waals surface area contributed by atoms with Gasteiger partial charge in [0.05, 0.1) is 0 Å². The van der Waals surface area contributed by atoms with Crippen molar-refractivity contribution in [1.82, 2.24) is 14.6 Å². The van der Waals surface area contributed by atoms with Gasteiger partial charge in [-0.05, 0) is 48.7 Å². The predicted octanol–water partition coefficient (Wildman–Crippen LogP) is 3.35. The van der Waals surface area contributed by atoms with Gasteiger partial charge in [0.1, 0.15) is 0 Å². The summed E-state index contributed by atoms with van der Waals surface area (Å²) in [4.78, 5) is 4.44. The average Bonchev–Trinajstić information content (AvgIpc) is 2.83. The van der Waals surface area contributed by atoms with Gasteiger partial charge >= 0.3 is 0 Å². The molecule has 0 saturated heterocycles. The van der Waals surface area contributed by atoms with Crippen LogP contribution in [0.4, 0.5) is 5.95 Å². The lowest BCUT2D eigenvalue weighted by Gasteiger charge is -2.02. The number of anilines is 1. The molecule has 0 aliphatic heterocycles. The predicted molar refractivity (Wildman–Crippen MR) is 81.4 cm³/mol. The van der Waals surface area contributed by atoms with Crippen molar-refractivity contribution < 1.29 is 0 Å². The lowest BCUT2D eigenvalue weighted by molar-refractivity contribution is 0.935. The van der Waals surface area contributed by atoms with E-state index in [1.807, 2.05) is 49.5 Å². The summed E-state index contributed by atoms with van der Waals surface area (Å²) >= 11 is 5.86. The van der Waals surface area contributed by atoms with E-state index in [2.05, 4.69) is 15.4 Å². The largest absolute Gasteiger partial charge is 0.353 e. The molecule has 0 saturated carbocycles. The Morgan fingerprint density at radius 3 is 2.80 bits per heavy atom. The van der Waals surface area contributed by atoms with Crippen molar-refractivity contribution in [2.45, 2.75) is 13.3 Å². The van der Waals surface area contributed by atoms with E-state index in [1.165, 1.54) is 11.1 Å². The molecule has 5 heteroatoms. The Labute approximate surface area is 122 Å². The van der Waals surface area contributed by atoms with E-state index < -0.39 is 0 Å². The van der Waals surface area contributed by atoms with Crippen LogP contribution in [0, 0.1) is 6.92 Å². The standard InChI is InChI=1S/C15H15ClN4/c1-11-7-9-20-14(10-11)18-15(19-20)17-8-6-12-2-4-13(16)5-3-12/h2-5,7,9-10H,6,8H2,1H3,(H,17,19). The smallest absolute Gasteiger partial charge is 0.243 e. The molecular formula is C15H15ClN4. The number of pyridine rings is 1. The number of hydrogen-bond acceptors (Lipinski definition) is 3. The fourth-order valence-corrected chi connectivity index (χ4v) is 2.15. The van der Waals surface area contributed by atoms with Gasteiger partial charge in [-0.3, -0.25) is 0 Å².